The van der Waals surface area contributed by atoms with Crippen LogP contribution < -0.4 is 11.1 Å². The molecule has 1 aromatic carbocycles. The number of hydrogen-bond donors (Lipinski definition) is 3. The van der Waals surface area contributed by atoms with Crippen LogP contribution in [0.4, 0.5) is 5.95 Å². The van der Waals surface area contributed by atoms with Crippen LogP contribution in [0, 0.1) is 0 Å². The number of H-pyrrole nitrogens is 1. The average molecular weight is 190 g/mol. The molecule has 14 heavy (non-hydrogen) atoms. The van der Waals surface area contributed by atoms with Gasteiger partial charge in [0.05, 0.1) is 11.1 Å². The Morgan fingerprint density at radius 3 is 3.07 bits per heavy atom. The fraction of sp³-hybridized carbons (Fsp3) is 0.111. The van der Waals surface area contributed by atoms with Gasteiger partial charge in [0, 0.05) is 7.05 Å². The molecule has 2 aromatic rings. The van der Waals surface area contributed by atoms with E-state index in [0.717, 1.165) is 5.52 Å². The van der Waals surface area contributed by atoms with Crippen molar-refractivity contribution in [2.45, 2.75) is 0 Å². The zero-order valence-electron chi connectivity index (χ0n) is 7.66. The van der Waals surface area contributed by atoms with Crippen molar-refractivity contribution < 1.29 is 4.79 Å². The summed E-state index contributed by atoms with van der Waals surface area (Å²) in [6.07, 6.45) is 0. The minimum absolute atomic E-state index is 0.165. The molecule has 5 heteroatoms. The van der Waals surface area contributed by atoms with Crippen molar-refractivity contribution in [3.05, 3.63) is 23.8 Å². The number of carbonyl (C=O) groups excluding carboxylic acids is 1. The maximum absolute atomic E-state index is 11.4. The molecule has 1 aromatic heterocycles. The summed E-state index contributed by atoms with van der Waals surface area (Å²) < 4.78 is 0. The maximum Gasteiger partial charge on any atom is 0.253 e. The summed E-state index contributed by atoms with van der Waals surface area (Å²) in [5, 5.41) is 2.55. The number of benzene rings is 1. The molecular weight excluding hydrogens is 180 g/mol. The first-order valence-corrected chi connectivity index (χ1v) is 4.18. The van der Waals surface area contributed by atoms with Gasteiger partial charge in [0.25, 0.3) is 5.91 Å². The number of anilines is 1. The number of imidazole rings is 1. The Labute approximate surface area is 80.3 Å². The lowest BCUT2D eigenvalue weighted by Gasteiger charge is -1.99. The molecule has 0 aliphatic carbocycles. The van der Waals surface area contributed by atoms with E-state index in [1.165, 1.54) is 0 Å². The van der Waals surface area contributed by atoms with E-state index < -0.39 is 0 Å². The van der Waals surface area contributed by atoms with Gasteiger partial charge >= 0.3 is 0 Å². The van der Waals surface area contributed by atoms with Crippen molar-refractivity contribution in [1.29, 1.82) is 0 Å². The fourth-order valence-electron chi connectivity index (χ4n) is 1.37. The molecule has 0 aliphatic heterocycles. The fourth-order valence-corrected chi connectivity index (χ4v) is 1.37. The summed E-state index contributed by atoms with van der Waals surface area (Å²) in [5.41, 5.74) is 7.40. The number of nitrogens with two attached hydrogens (primary N) is 1. The van der Waals surface area contributed by atoms with Crippen LogP contribution in [0.15, 0.2) is 18.2 Å². The first-order chi connectivity index (χ1) is 6.72. The largest absolute Gasteiger partial charge is 0.369 e. The van der Waals surface area contributed by atoms with E-state index in [1.54, 1.807) is 19.2 Å². The lowest BCUT2D eigenvalue weighted by atomic mass is 10.2. The molecule has 4 N–H and O–H groups in total. The third-order valence-corrected chi connectivity index (χ3v) is 2.00. The number of nitrogen functional groups attached to an aromatic ring is 1. The van der Waals surface area contributed by atoms with Gasteiger partial charge in [-0.2, -0.15) is 0 Å². The highest BCUT2D eigenvalue weighted by Gasteiger charge is 2.10. The molecule has 0 unspecified atom stereocenters. The highest BCUT2D eigenvalue weighted by atomic mass is 16.1. The van der Waals surface area contributed by atoms with Gasteiger partial charge in [-0.05, 0) is 12.1 Å². The summed E-state index contributed by atoms with van der Waals surface area (Å²) in [6, 6.07) is 5.32. The maximum atomic E-state index is 11.4. The predicted octanol–water partition coefficient (Wildman–Crippen LogP) is 0.505. The molecule has 72 valence electrons. The third kappa shape index (κ3) is 1.19. The summed E-state index contributed by atoms with van der Waals surface area (Å²) >= 11 is 0. The van der Waals surface area contributed by atoms with Gasteiger partial charge < -0.3 is 16.0 Å². The molecule has 1 heterocycles. The Morgan fingerprint density at radius 2 is 2.36 bits per heavy atom. The van der Waals surface area contributed by atoms with E-state index in [0.29, 0.717) is 17.0 Å². The highest BCUT2D eigenvalue weighted by Crippen LogP contribution is 2.16. The van der Waals surface area contributed by atoms with E-state index in [9.17, 15) is 4.79 Å². The van der Waals surface area contributed by atoms with Gasteiger partial charge in [-0.15, -0.1) is 0 Å². The summed E-state index contributed by atoms with van der Waals surface area (Å²) in [6.45, 7) is 0. The Kier molecular flexibility index (Phi) is 1.85. The minimum Gasteiger partial charge on any atom is -0.369 e. The van der Waals surface area contributed by atoms with Gasteiger partial charge in [0.2, 0.25) is 0 Å². The van der Waals surface area contributed by atoms with Gasteiger partial charge in [-0.1, -0.05) is 6.07 Å². The number of para-hydroxylation sites is 1. The minimum atomic E-state index is -0.165. The molecule has 0 aliphatic rings. The van der Waals surface area contributed by atoms with Crippen molar-refractivity contribution >= 4 is 22.9 Å². The number of rotatable bonds is 1. The number of carbonyl (C=O) groups is 1. The molecule has 2 rings (SSSR count). The summed E-state index contributed by atoms with van der Waals surface area (Å²) in [5.74, 6) is 0.151. The van der Waals surface area contributed by atoms with E-state index in [4.69, 9.17) is 5.73 Å². The zero-order chi connectivity index (χ0) is 10.1. The van der Waals surface area contributed by atoms with Gasteiger partial charge in [0.15, 0.2) is 5.95 Å². The van der Waals surface area contributed by atoms with E-state index in [1.807, 2.05) is 6.07 Å². The molecule has 0 bridgehead atoms. The molecule has 1 amide bonds. The number of fused-ring (bicyclic) bond motifs is 1. The van der Waals surface area contributed by atoms with Crippen molar-refractivity contribution in [3.63, 3.8) is 0 Å². The van der Waals surface area contributed by atoms with Crippen LogP contribution in [-0.4, -0.2) is 22.9 Å². The first kappa shape index (κ1) is 8.55. The van der Waals surface area contributed by atoms with Crippen LogP contribution in [0.25, 0.3) is 11.0 Å². The Balaban J connectivity index is 2.70. The second kappa shape index (κ2) is 3.02. The standard InChI is InChI=1S/C9H10N4O/c1-11-8(14)5-3-2-4-6-7(5)13-9(10)12-6/h2-4H,1H3,(H,11,14)(H3,10,12,13). The zero-order valence-corrected chi connectivity index (χ0v) is 7.66. The second-order valence-corrected chi connectivity index (χ2v) is 2.90. The number of nitrogens with zero attached hydrogens (tertiary/aromatic N) is 1. The molecule has 0 fully saturated rings. The van der Waals surface area contributed by atoms with Crippen LogP contribution in [0.1, 0.15) is 10.4 Å². The smallest absolute Gasteiger partial charge is 0.253 e. The van der Waals surface area contributed by atoms with Crippen LogP contribution in [0.5, 0.6) is 0 Å². The predicted molar refractivity (Wildman–Crippen MR) is 53.9 cm³/mol. The first-order valence-electron chi connectivity index (χ1n) is 4.18. The number of aromatic amines is 1. The highest BCUT2D eigenvalue weighted by molar-refractivity contribution is 6.05. The Hall–Kier alpha value is -2.04. The van der Waals surface area contributed by atoms with E-state index in [2.05, 4.69) is 15.3 Å². The SMILES string of the molecule is CNC(=O)c1cccc2[nH]c(N)nc12. The topological polar surface area (TPSA) is 83.8 Å². The molecule has 0 saturated carbocycles. The number of aromatic nitrogens is 2. The normalized spacial score (nSPS) is 10.4. The number of amides is 1. The summed E-state index contributed by atoms with van der Waals surface area (Å²) in [4.78, 5) is 18.3. The van der Waals surface area contributed by atoms with Gasteiger partial charge in [-0.3, -0.25) is 4.79 Å². The summed E-state index contributed by atoms with van der Waals surface area (Å²) in [7, 11) is 1.58. The van der Waals surface area contributed by atoms with Crippen molar-refractivity contribution in [3.8, 4) is 0 Å². The van der Waals surface area contributed by atoms with E-state index >= 15 is 0 Å². The molecule has 5 nitrogen and oxygen atoms in total. The average Bonchev–Trinajstić information content (AvgIpc) is 2.56. The van der Waals surface area contributed by atoms with Crippen molar-refractivity contribution in [1.82, 2.24) is 15.3 Å². The van der Waals surface area contributed by atoms with Crippen molar-refractivity contribution in [2.75, 3.05) is 12.8 Å². The lowest BCUT2D eigenvalue weighted by molar-refractivity contribution is 0.0964. The van der Waals surface area contributed by atoms with Crippen LogP contribution in [0.2, 0.25) is 0 Å². The van der Waals surface area contributed by atoms with Gasteiger partial charge in [-0.25, -0.2) is 4.98 Å². The Bertz CT molecular complexity index is 489. The molecular formula is C9H10N4O. The van der Waals surface area contributed by atoms with Crippen LogP contribution >= 0.6 is 0 Å². The van der Waals surface area contributed by atoms with Crippen molar-refractivity contribution in [2.24, 2.45) is 0 Å². The quantitative estimate of drug-likeness (QED) is 0.612. The number of nitrogens with one attached hydrogen (secondary N) is 2. The molecule has 0 atom stereocenters. The van der Waals surface area contributed by atoms with Crippen LogP contribution in [0.3, 0.4) is 0 Å². The number of hydrogen-bond acceptors (Lipinski definition) is 3. The van der Waals surface area contributed by atoms with Crippen LogP contribution in [-0.2, 0) is 0 Å². The monoisotopic (exact) mass is 190 g/mol. The van der Waals surface area contributed by atoms with Gasteiger partial charge in [0.1, 0.15) is 5.52 Å². The molecule has 0 radical (unpaired) electrons. The molecule has 0 spiro atoms. The molecule has 0 saturated heterocycles. The lowest BCUT2D eigenvalue weighted by Crippen LogP contribution is -2.18. The second-order valence-electron chi connectivity index (χ2n) is 2.90. The van der Waals surface area contributed by atoms with E-state index in [-0.39, 0.29) is 5.91 Å². The third-order valence-electron chi connectivity index (χ3n) is 2.00. The Morgan fingerprint density at radius 1 is 1.57 bits per heavy atom.